The Morgan fingerprint density at radius 1 is 1.08 bits per heavy atom. The summed E-state index contributed by atoms with van der Waals surface area (Å²) in [6.45, 7) is 6.90. The van der Waals surface area contributed by atoms with Crippen LogP contribution in [0.25, 0.3) is 33.4 Å². The van der Waals surface area contributed by atoms with Gasteiger partial charge >= 0.3 is 0 Å². The number of ether oxygens (including phenoxy) is 1. The van der Waals surface area contributed by atoms with Gasteiger partial charge in [-0.15, -0.1) is 0 Å². The minimum Gasteiger partial charge on any atom is -0.378 e. The van der Waals surface area contributed by atoms with Crippen LogP contribution < -0.4 is 10.9 Å². The third-order valence-electron chi connectivity index (χ3n) is 5.67. The summed E-state index contributed by atoms with van der Waals surface area (Å²) in [5.74, 6) is 0.453. The van der Waals surface area contributed by atoms with Gasteiger partial charge in [-0.05, 0) is 40.1 Å². The molecule has 0 bridgehead atoms. The molecule has 1 N–H and O–H groups in total. The number of hydrogen-bond donors (Lipinski definition) is 1. The number of aromatic nitrogens is 5. The molecule has 0 aliphatic carbocycles. The Hall–Kier alpha value is -3.40. The maximum atomic E-state index is 13.4. The molecule has 0 amide bonds. The van der Waals surface area contributed by atoms with Gasteiger partial charge in [0.25, 0.3) is 5.56 Å². The number of nitrogens with one attached hydrogen (secondary N) is 1. The van der Waals surface area contributed by atoms with Crippen LogP contribution >= 0.6 is 11.6 Å². The lowest BCUT2D eigenvalue weighted by Crippen LogP contribution is -2.23. The number of pyridine rings is 1. The number of hydrogen-bond acceptors (Lipinski definition) is 8. The molecule has 0 spiro atoms. The number of nitrogens with zero attached hydrogens (tertiary/aromatic N) is 6. The highest BCUT2D eigenvalue weighted by Crippen LogP contribution is 2.31. The lowest BCUT2D eigenvalue weighted by Gasteiger charge is -2.13. The summed E-state index contributed by atoms with van der Waals surface area (Å²) in [5, 5.41) is 4.38. The smallest absolute Gasteiger partial charge is 0.260 e. The van der Waals surface area contributed by atoms with Crippen LogP contribution in [0.4, 0.5) is 5.95 Å². The summed E-state index contributed by atoms with van der Waals surface area (Å²) >= 11 is 6.66. The predicted octanol–water partition coefficient (Wildman–Crippen LogP) is 3.89. The van der Waals surface area contributed by atoms with Gasteiger partial charge in [-0.2, -0.15) is 4.98 Å². The summed E-state index contributed by atoms with van der Waals surface area (Å²) in [6.07, 6.45) is 5.11. The van der Waals surface area contributed by atoms with Crippen molar-refractivity contribution in [3.05, 3.63) is 63.9 Å². The van der Waals surface area contributed by atoms with Crippen molar-refractivity contribution in [3.8, 4) is 22.4 Å². The zero-order chi connectivity index (χ0) is 25.7. The Kier molecular flexibility index (Phi) is 8.25. The molecule has 0 unspecified atom stereocenters. The second-order valence-electron chi connectivity index (χ2n) is 8.66. The van der Waals surface area contributed by atoms with E-state index in [-0.39, 0.29) is 5.56 Å². The van der Waals surface area contributed by atoms with Crippen molar-refractivity contribution in [3.63, 3.8) is 0 Å². The largest absolute Gasteiger partial charge is 0.378 e. The minimum absolute atomic E-state index is 0.160. The second kappa shape index (κ2) is 11.6. The molecule has 0 fully saturated rings. The fourth-order valence-electron chi connectivity index (χ4n) is 3.81. The molecule has 188 valence electrons. The summed E-state index contributed by atoms with van der Waals surface area (Å²) < 4.78 is 7.24. The van der Waals surface area contributed by atoms with Gasteiger partial charge in [-0.3, -0.25) is 14.3 Å². The first-order valence-corrected chi connectivity index (χ1v) is 12.2. The van der Waals surface area contributed by atoms with Gasteiger partial charge < -0.3 is 15.0 Å². The van der Waals surface area contributed by atoms with Crippen LogP contribution in [0, 0.1) is 6.92 Å². The van der Waals surface area contributed by atoms with Gasteiger partial charge in [0.05, 0.1) is 30.8 Å². The molecule has 0 radical (unpaired) electrons. The van der Waals surface area contributed by atoms with Gasteiger partial charge in [-0.1, -0.05) is 23.7 Å². The number of benzene rings is 1. The van der Waals surface area contributed by atoms with E-state index in [4.69, 9.17) is 16.3 Å². The number of aryl methyl sites for hydroxylation is 2. The van der Waals surface area contributed by atoms with Crippen molar-refractivity contribution in [1.29, 1.82) is 0 Å². The Bertz CT molecular complexity index is 1420. The molecule has 9 nitrogen and oxygen atoms in total. The fraction of sp³-hybridized carbons (Fsp3) is 0.346. The van der Waals surface area contributed by atoms with E-state index in [0.29, 0.717) is 54.0 Å². The van der Waals surface area contributed by atoms with Crippen molar-refractivity contribution in [1.82, 2.24) is 29.4 Å². The van der Waals surface area contributed by atoms with Crippen LogP contribution in [-0.2, 0) is 11.3 Å². The van der Waals surface area contributed by atoms with Crippen LogP contribution in [0.2, 0.25) is 5.02 Å². The Morgan fingerprint density at radius 3 is 2.64 bits per heavy atom. The van der Waals surface area contributed by atoms with Crippen LogP contribution in [0.3, 0.4) is 0 Å². The minimum atomic E-state index is -0.160. The van der Waals surface area contributed by atoms with Gasteiger partial charge in [0.15, 0.2) is 0 Å². The SMILES string of the molecule is CCn1c(=O)c(-c2ccc(-c3cncc(C)n3)cc2Cl)cc2cnc(NCCOCCN(C)C)nc21. The molecule has 10 heteroatoms. The number of anilines is 1. The van der Waals surface area contributed by atoms with Gasteiger partial charge in [-0.25, -0.2) is 9.97 Å². The molecule has 36 heavy (non-hydrogen) atoms. The molecule has 1 aromatic carbocycles. The number of likely N-dealkylation sites (N-methyl/N-ethyl adjacent to an activating group) is 1. The molecule has 0 atom stereocenters. The van der Waals surface area contributed by atoms with Crippen LogP contribution in [0.1, 0.15) is 12.6 Å². The third-order valence-corrected chi connectivity index (χ3v) is 5.98. The number of fused-ring (bicyclic) bond motifs is 1. The normalized spacial score (nSPS) is 11.4. The van der Waals surface area contributed by atoms with E-state index >= 15 is 0 Å². The highest BCUT2D eigenvalue weighted by atomic mass is 35.5. The maximum Gasteiger partial charge on any atom is 0.260 e. The molecule has 3 aromatic heterocycles. The Balaban J connectivity index is 1.60. The fourth-order valence-corrected chi connectivity index (χ4v) is 4.09. The average Bonchev–Trinajstić information content (AvgIpc) is 2.86. The monoisotopic (exact) mass is 507 g/mol. The molecule has 0 saturated carbocycles. The van der Waals surface area contributed by atoms with Crippen molar-refractivity contribution in [2.75, 3.05) is 45.7 Å². The summed E-state index contributed by atoms with van der Waals surface area (Å²) in [5.41, 5.74) is 3.93. The van der Waals surface area contributed by atoms with Gasteiger partial charge in [0.1, 0.15) is 5.65 Å². The summed E-state index contributed by atoms with van der Waals surface area (Å²) in [4.78, 5) is 33.2. The molecule has 3 heterocycles. The van der Waals surface area contributed by atoms with Gasteiger partial charge in [0.2, 0.25) is 5.95 Å². The van der Waals surface area contributed by atoms with Crippen molar-refractivity contribution in [2.24, 2.45) is 0 Å². The summed E-state index contributed by atoms with van der Waals surface area (Å²) in [6, 6.07) is 7.35. The zero-order valence-corrected chi connectivity index (χ0v) is 21.7. The van der Waals surface area contributed by atoms with E-state index in [9.17, 15) is 4.79 Å². The van der Waals surface area contributed by atoms with Crippen molar-refractivity contribution >= 4 is 28.6 Å². The molecule has 0 aliphatic heterocycles. The molecular formula is C26H30ClN7O2. The lowest BCUT2D eigenvalue weighted by molar-refractivity contribution is 0.126. The predicted molar refractivity (Wildman–Crippen MR) is 144 cm³/mol. The highest BCUT2D eigenvalue weighted by Gasteiger charge is 2.16. The van der Waals surface area contributed by atoms with E-state index in [1.807, 2.05) is 46.1 Å². The second-order valence-corrected chi connectivity index (χ2v) is 9.07. The molecule has 4 aromatic rings. The van der Waals surface area contributed by atoms with E-state index < -0.39 is 0 Å². The Labute approximate surface area is 215 Å². The third kappa shape index (κ3) is 5.87. The first-order valence-electron chi connectivity index (χ1n) is 11.8. The standard InChI is InChI=1S/C26H30ClN7O2/c1-5-34-24-19(15-30-26(32-24)29-8-10-36-11-9-33(3)4)12-21(25(34)35)20-7-6-18(13-22(20)27)23-16-28-14-17(2)31-23/h6-7,12-16H,5,8-11H2,1-4H3,(H,29,30,32). The Morgan fingerprint density at radius 2 is 1.92 bits per heavy atom. The number of halogens is 1. The highest BCUT2D eigenvalue weighted by molar-refractivity contribution is 6.33. The first kappa shape index (κ1) is 25.7. The van der Waals surface area contributed by atoms with Crippen LogP contribution in [0.5, 0.6) is 0 Å². The van der Waals surface area contributed by atoms with Gasteiger partial charge in [0, 0.05) is 59.1 Å². The van der Waals surface area contributed by atoms with Crippen LogP contribution in [-0.4, -0.2) is 69.8 Å². The van der Waals surface area contributed by atoms with E-state index in [2.05, 4.69) is 30.2 Å². The lowest BCUT2D eigenvalue weighted by atomic mass is 10.0. The number of rotatable bonds is 10. The molecule has 4 rings (SSSR count). The average molecular weight is 508 g/mol. The first-order chi connectivity index (χ1) is 17.4. The molecule has 0 aliphatic rings. The van der Waals surface area contributed by atoms with Crippen molar-refractivity contribution < 1.29 is 4.74 Å². The quantitative estimate of drug-likeness (QED) is 0.323. The van der Waals surface area contributed by atoms with E-state index in [0.717, 1.165) is 28.9 Å². The molecular weight excluding hydrogens is 478 g/mol. The van der Waals surface area contributed by atoms with E-state index in [1.165, 1.54) is 0 Å². The van der Waals surface area contributed by atoms with E-state index in [1.54, 1.807) is 29.2 Å². The summed E-state index contributed by atoms with van der Waals surface area (Å²) in [7, 11) is 4.01. The van der Waals surface area contributed by atoms with Crippen molar-refractivity contribution in [2.45, 2.75) is 20.4 Å². The maximum absolute atomic E-state index is 13.4. The zero-order valence-electron chi connectivity index (χ0n) is 21.0. The topological polar surface area (TPSA) is 98.1 Å². The van der Waals surface area contributed by atoms with Crippen LogP contribution in [0.15, 0.2) is 47.7 Å². The molecule has 0 saturated heterocycles.